The van der Waals surface area contributed by atoms with Gasteiger partial charge in [-0.15, -0.1) is 0 Å². The van der Waals surface area contributed by atoms with Crippen molar-refractivity contribution in [2.45, 2.75) is 32.5 Å². The van der Waals surface area contributed by atoms with Gasteiger partial charge in [-0.25, -0.2) is 4.39 Å². The van der Waals surface area contributed by atoms with Crippen molar-refractivity contribution in [1.29, 1.82) is 0 Å². The van der Waals surface area contributed by atoms with Gasteiger partial charge in [-0.05, 0) is 41.8 Å². The van der Waals surface area contributed by atoms with Crippen molar-refractivity contribution in [2.75, 3.05) is 0 Å². The van der Waals surface area contributed by atoms with E-state index in [0.717, 1.165) is 11.1 Å². The lowest BCUT2D eigenvalue weighted by Crippen LogP contribution is -2.41. The summed E-state index contributed by atoms with van der Waals surface area (Å²) in [6.07, 6.45) is -0.103. The number of ether oxygens (including phenoxy) is 1. The summed E-state index contributed by atoms with van der Waals surface area (Å²) in [6.45, 7) is 2.91. The molecule has 3 nitrogen and oxygen atoms in total. The molecule has 3 aromatic carbocycles. The van der Waals surface area contributed by atoms with E-state index >= 15 is 0 Å². The lowest BCUT2D eigenvalue weighted by Gasteiger charge is -2.27. The van der Waals surface area contributed by atoms with Crippen LogP contribution in [0.4, 0.5) is 4.39 Å². The number of benzene rings is 3. The van der Waals surface area contributed by atoms with Crippen molar-refractivity contribution in [3.05, 3.63) is 102 Å². The fourth-order valence-corrected chi connectivity index (χ4v) is 3.01. The van der Waals surface area contributed by atoms with Crippen LogP contribution in [0.15, 0.2) is 84.9 Å². The van der Waals surface area contributed by atoms with Crippen molar-refractivity contribution in [3.63, 3.8) is 0 Å². The molecule has 1 amide bonds. The summed E-state index contributed by atoms with van der Waals surface area (Å²) in [5.41, 5.74) is 2.12. The molecule has 3 rings (SSSR count). The van der Waals surface area contributed by atoms with Crippen molar-refractivity contribution < 1.29 is 13.9 Å². The van der Waals surface area contributed by atoms with E-state index in [1.807, 2.05) is 72.5 Å². The van der Waals surface area contributed by atoms with Gasteiger partial charge in [0.25, 0.3) is 5.91 Å². The zero-order chi connectivity index (χ0) is 19.8. The minimum atomic E-state index is -0.627. The molecule has 1 atom stereocenters. The van der Waals surface area contributed by atoms with Crippen molar-refractivity contribution >= 4 is 5.91 Å². The first-order valence-electron chi connectivity index (χ1n) is 9.44. The summed E-state index contributed by atoms with van der Waals surface area (Å²) in [7, 11) is 0. The second kappa shape index (κ2) is 9.70. The van der Waals surface area contributed by atoms with Crippen molar-refractivity contribution in [1.82, 2.24) is 4.90 Å². The first kappa shape index (κ1) is 19.6. The molecule has 144 valence electrons. The average Bonchev–Trinajstić information content (AvgIpc) is 2.74. The predicted octanol–water partition coefficient (Wildman–Crippen LogP) is 5.21. The molecule has 28 heavy (non-hydrogen) atoms. The Balaban J connectivity index is 1.79. The maximum Gasteiger partial charge on any atom is 0.264 e. The fraction of sp³-hybridized carbons (Fsp3) is 0.208. The number of hydrogen-bond donors (Lipinski definition) is 0. The van der Waals surface area contributed by atoms with E-state index in [1.54, 1.807) is 12.1 Å². The molecule has 0 spiro atoms. The average molecular weight is 377 g/mol. The molecule has 0 saturated heterocycles. The highest BCUT2D eigenvalue weighted by atomic mass is 19.1. The second-order valence-electron chi connectivity index (χ2n) is 6.63. The molecule has 0 bridgehead atoms. The van der Waals surface area contributed by atoms with E-state index in [2.05, 4.69) is 0 Å². The maximum absolute atomic E-state index is 13.3. The van der Waals surface area contributed by atoms with Gasteiger partial charge in [0, 0.05) is 13.1 Å². The van der Waals surface area contributed by atoms with Crippen LogP contribution in [0.5, 0.6) is 5.75 Å². The standard InChI is InChI=1S/C24H24FNO2/c1-2-23(28-22-15-13-21(25)14-16-22)24(27)26(17-19-9-5-3-6-10-19)18-20-11-7-4-8-12-20/h3-16,23H,2,17-18H2,1H3/t23-/m1/s1. The number of nitrogens with zero attached hydrogens (tertiary/aromatic N) is 1. The molecule has 4 heteroatoms. The smallest absolute Gasteiger partial charge is 0.264 e. The Labute approximate surface area is 165 Å². The van der Waals surface area contributed by atoms with Crippen LogP contribution in [0.1, 0.15) is 24.5 Å². The molecule has 0 aliphatic carbocycles. The van der Waals surface area contributed by atoms with Gasteiger partial charge in [0.05, 0.1) is 0 Å². The minimum Gasteiger partial charge on any atom is -0.481 e. The highest BCUT2D eigenvalue weighted by molar-refractivity contribution is 5.81. The number of hydrogen-bond acceptors (Lipinski definition) is 2. The lowest BCUT2D eigenvalue weighted by molar-refractivity contribution is -0.140. The topological polar surface area (TPSA) is 29.5 Å². The molecule has 3 aromatic rings. The molecular formula is C24H24FNO2. The molecule has 0 aromatic heterocycles. The third-order valence-electron chi connectivity index (χ3n) is 4.48. The number of carbonyl (C=O) groups excluding carboxylic acids is 1. The Bertz CT molecular complexity index is 825. The second-order valence-corrected chi connectivity index (χ2v) is 6.63. The SMILES string of the molecule is CC[C@@H](Oc1ccc(F)cc1)C(=O)N(Cc1ccccc1)Cc1ccccc1. The van der Waals surface area contributed by atoms with Gasteiger partial charge in [0.1, 0.15) is 11.6 Å². The van der Waals surface area contributed by atoms with Gasteiger partial charge < -0.3 is 9.64 Å². The molecule has 0 aliphatic heterocycles. The van der Waals surface area contributed by atoms with Crippen molar-refractivity contribution in [2.24, 2.45) is 0 Å². The highest BCUT2D eigenvalue weighted by Crippen LogP contribution is 2.18. The van der Waals surface area contributed by atoms with E-state index in [4.69, 9.17) is 4.74 Å². The van der Waals surface area contributed by atoms with E-state index < -0.39 is 6.10 Å². The molecule has 0 unspecified atom stereocenters. The fourth-order valence-electron chi connectivity index (χ4n) is 3.01. The van der Waals surface area contributed by atoms with Gasteiger partial charge >= 0.3 is 0 Å². The van der Waals surface area contributed by atoms with Gasteiger partial charge in [0.15, 0.2) is 6.10 Å². The monoisotopic (exact) mass is 377 g/mol. The largest absolute Gasteiger partial charge is 0.481 e. The highest BCUT2D eigenvalue weighted by Gasteiger charge is 2.25. The first-order chi connectivity index (χ1) is 13.7. The van der Waals surface area contributed by atoms with Gasteiger partial charge in [-0.1, -0.05) is 67.6 Å². The summed E-state index contributed by atoms with van der Waals surface area (Å²) < 4.78 is 19.0. The molecular weight excluding hydrogens is 353 g/mol. The quantitative estimate of drug-likeness (QED) is 0.539. The van der Waals surface area contributed by atoms with Crippen molar-refractivity contribution in [3.8, 4) is 5.75 Å². The third-order valence-corrected chi connectivity index (χ3v) is 4.48. The maximum atomic E-state index is 13.3. The van der Waals surface area contributed by atoms with Crippen LogP contribution in [-0.2, 0) is 17.9 Å². The van der Waals surface area contributed by atoms with Crippen LogP contribution in [0, 0.1) is 5.82 Å². The van der Waals surface area contributed by atoms with E-state index in [0.29, 0.717) is 25.3 Å². The van der Waals surface area contributed by atoms with Crippen LogP contribution >= 0.6 is 0 Å². The molecule has 0 fully saturated rings. The first-order valence-corrected chi connectivity index (χ1v) is 9.44. The summed E-state index contributed by atoms with van der Waals surface area (Å²) in [5.74, 6) is 0.0713. The third kappa shape index (κ3) is 5.43. The lowest BCUT2D eigenvalue weighted by atomic mass is 10.1. The van der Waals surface area contributed by atoms with Gasteiger partial charge in [-0.2, -0.15) is 0 Å². The Morgan fingerprint density at radius 2 is 1.36 bits per heavy atom. The van der Waals surface area contributed by atoms with Gasteiger partial charge in [-0.3, -0.25) is 4.79 Å². The number of carbonyl (C=O) groups is 1. The summed E-state index contributed by atoms with van der Waals surface area (Å²) >= 11 is 0. The summed E-state index contributed by atoms with van der Waals surface area (Å²) in [5, 5.41) is 0. The molecule has 0 saturated carbocycles. The van der Waals surface area contributed by atoms with E-state index in [9.17, 15) is 9.18 Å². The molecule has 0 aliphatic rings. The van der Waals surface area contributed by atoms with Crippen LogP contribution in [0.2, 0.25) is 0 Å². The predicted molar refractivity (Wildman–Crippen MR) is 108 cm³/mol. The number of rotatable bonds is 8. The zero-order valence-electron chi connectivity index (χ0n) is 15.9. The minimum absolute atomic E-state index is 0.0838. The van der Waals surface area contributed by atoms with Crippen LogP contribution < -0.4 is 4.74 Å². The Morgan fingerprint density at radius 1 is 0.857 bits per heavy atom. The van der Waals surface area contributed by atoms with E-state index in [1.165, 1.54) is 12.1 Å². The zero-order valence-corrected chi connectivity index (χ0v) is 15.9. The Morgan fingerprint density at radius 3 is 1.82 bits per heavy atom. The summed E-state index contributed by atoms with van der Waals surface area (Å²) in [6, 6.07) is 25.6. The van der Waals surface area contributed by atoms with Crippen LogP contribution in [0.3, 0.4) is 0 Å². The molecule has 0 heterocycles. The van der Waals surface area contributed by atoms with Crippen LogP contribution in [-0.4, -0.2) is 16.9 Å². The molecule has 0 radical (unpaired) electrons. The van der Waals surface area contributed by atoms with E-state index in [-0.39, 0.29) is 11.7 Å². The van der Waals surface area contributed by atoms with Gasteiger partial charge in [0.2, 0.25) is 0 Å². The normalized spacial score (nSPS) is 11.6. The molecule has 0 N–H and O–H groups in total. The summed E-state index contributed by atoms with van der Waals surface area (Å²) in [4.78, 5) is 15.1. The number of halogens is 1. The Kier molecular flexibility index (Phi) is 6.79. The van der Waals surface area contributed by atoms with Crippen LogP contribution in [0.25, 0.3) is 0 Å². The number of amides is 1. The Hall–Kier alpha value is -3.14.